The Morgan fingerprint density at radius 3 is 2.67 bits per heavy atom. The van der Waals surface area contributed by atoms with Crippen LogP contribution in [0.3, 0.4) is 0 Å². The molecule has 1 aromatic heterocycles. The Morgan fingerprint density at radius 1 is 1.22 bits per heavy atom. The zero-order chi connectivity index (χ0) is 19.0. The first-order chi connectivity index (χ1) is 13.0. The van der Waals surface area contributed by atoms with E-state index in [0.717, 1.165) is 38.2 Å². The van der Waals surface area contributed by atoms with E-state index in [2.05, 4.69) is 14.9 Å². The fraction of sp³-hybridized carbons (Fsp3) is 0.500. The molecule has 1 saturated carbocycles. The SMILES string of the molecule is N[C@@H]1CCCC12CCN(c1ncc(-c3cccc(Cl)c3Cl)nc1CO)CC2. The van der Waals surface area contributed by atoms with Gasteiger partial charge in [-0.2, -0.15) is 0 Å². The first kappa shape index (κ1) is 18.9. The number of hydrogen-bond donors (Lipinski definition) is 2. The number of aromatic nitrogens is 2. The summed E-state index contributed by atoms with van der Waals surface area (Å²) in [4.78, 5) is 11.5. The molecule has 2 fully saturated rings. The molecule has 1 aliphatic carbocycles. The van der Waals surface area contributed by atoms with E-state index in [1.54, 1.807) is 12.3 Å². The summed E-state index contributed by atoms with van der Waals surface area (Å²) in [5.74, 6) is 0.751. The van der Waals surface area contributed by atoms with Gasteiger partial charge >= 0.3 is 0 Å². The van der Waals surface area contributed by atoms with Gasteiger partial charge in [0.05, 0.1) is 28.5 Å². The summed E-state index contributed by atoms with van der Waals surface area (Å²) in [7, 11) is 0. The van der Waals surface area contributed by atoms with Gasteiger partial charge in [0.2, 0.25) is 0 Å². The van der Waals surface area contributed by atoms with E-state index >= 15 is 0 Å². The highest BCUT2D eigenvalue weighted by Crippen LogP contribution is 2.46. The molecule has 4 rings (SSSR count). The van der Waals surface area contributed by atoms with E-state index in [4.69, 9.17) is 28.9 Å². The second kappa shape index (κ2) is 7.55. The van der Waals surface area contributed by atoms with Gasteiger partial charge in [-0.15, -0.1) is 0 Å². The van der Waals surface area contributed by atoms with E-state index in [9.17, 15) is 5.11 Å². The highest BCUT2D eigenvalue weighted by atomic mass is 35.5. The molecule has 2 aromatic rings. The molecule has 3 N–H and O–H groups in total. The maximum atomic E-state index is 9.88. The molecule has 1 spiro atoms. The molecule has 1 aromatic carbocycles. The number of aliphatic hydroxyl groups excluding tert-OH is 1. The minimum absolute atomic E-state index is 0.171. The number of nitrogens with zero attached hydrogens (tertiary/aromatic N) is 3. The van der Waals surface area contributed by atoms with E-state index in [-0.39, 0.29) is 12.0 Å². The number of hydrogen-bond acceptors (Lipinski definition) is 5. The van der Waals surface area contributed by atoms with Crippen molar-refractivity contribution in [1.82, 2.24) is 9.97 Å². The first-order valence-corrected chi connectivity index (χ1v) is 10.2. The van der Waals surface area contributed by atoms with Crippen LogP contribution in [0.4, 0.5) is 5.82 Å². The number of benzene rings is 1. The van der Waals surface area contributed by atoms with E-state index < -0.39 is 0 Å². The predicted octanol–water partition coefficient (Wildman–Crippen LogP) is 4.04. The summed E-state index contributed by atoms with van der Waals surface area (Å²) in [6, 6.07) is 5.73. The largest absolute Gasteiger partial charge is 0.390 e. The van der Waals surface area contributed by atoms with Crippen LogP contribution < -0.4 is 10.6 Å². The molecule has 1 atom stereocenters. The highest BCUT2D eigenvalue weighted by molar-refractivity contribution is 6.43. The lowest BCUT2D eigenvalue weighted by atomic mass is 9.74. The van der Waals surface area contributed by atoms with Crippen LogP contribution in [0, 0.1) is 5.41 Å². The smallest absolute Gasteiger partial charge is 0.152 e. The minimum Gasteiger partial charge on any atom is -0.390 e. The number of piperidine rings is 1. The third kappa shape index (κ3) is 3.42. The summed E-state index contributed by atoms with van der Waals surface area (Å²) in [6.45, 7) is 1.62. The quantitative estimate of drug-likeness (QED) is 0.803. The maximum Gasteiger partial charge on any atom is 0.152 e. The molecular weight excluding hydrogens is 383 g/mol. The van der Waals surface area contributed by atoms with Crippen LogP contribution in [0.15, 0.2) is 24.4 Å². The lowest BCUT2D eigenvalue weighted by molar-refractivity contribution is 0.196. The van der Waals surface area contributed by atoms with Gasteiger partial charge < -0.3 is 15.7 Å². The van der Waals surface area contributed by atoms with Crippen molar-refractivity contribution in [2.24, 2.45) is 11.1 Å². The van der Waals surface area contributed by atoms with Crippen molar-refractivity contribution in [3.8, 4) is 11.3 Å². The van der Waals surface area contributed by atoms with Crippen molar-refractivity contribution in [1.29, 1.82) is 0 Å². The Balaban J connectivity index is 1.58. The van der Waals surface area contributed by atoms with Gasteiger partial charge in [-0.25, -0.2) is 9.97 Å². The normalized spacial score (nSPS) is 21.8. The van der Waals surface area contributed by atoms with Crippen molar-refractivity contribution in [3.63, 3.8) is 0 Å². The Labute approximate surface area is 169 Å². The van der Waals surface area contributed by atoms with Crippen molar-refractivity contribution in [3.05, 3.63) is 40.1 Å². The second-order valence-electron chi connectivity index (χ2n) is 7.63. The summed E-state index contributed by atoms with van der Waals surface area (Å²) in [5.41, 5.74) is 8.57. The molecule has 2 heterocycles. The van der Waals surface area contributed by atoms with Gasteiger partial charge in [0.1, 0.15) is 5.69 Å². The number of rotatable bonds is 3. The monoisotopic (exact) mass is 406 g/mol. The lowest BCUT2D eigenvalue weighted by Gasteiger charge is -2.42. The molecule has 0 radical (unpaired) electrons. The van der Waals surface area contributed by atoms with Gasteiger partial charge in [-0.3, -0.25) is 0 Å². The van der Waals surface area contributed by atoms with Gasteiger partial charge in [0.25, 0.3) is 0 Å². The van der Waals surface area contributed by atoms with Gasteiger partial charge in [-0.05, 0) is 37.2 Å². The fourth-order valence-electron chi connectivity index (χ4n) is 4.57. The Morgan fingerprint density at radius 2 is 2.00 bits per heavy atom. The van der Waals surface area contributed by atoms with Crippen molar-refractivity contribution in [2.45, 2.75) is 44.8 Å². The number of aliphatic hydroxyl groups is 1. The highest BCUT2D eigenvalue weighted by Gasteiger charge is 2.43. The predicted molar refractivity (Wildman–Crippen MR) is 109 cm³/mol. The molecule has 0 bridgehead atoms. The van der Waals surface area contributed by atoms with Crippen LogP contribution in [0.1, 0.15) is 37.8 Å². The molecule has 0 amide bonds. The number of anilines is 1. The Hall–Kier alpha value is -1.40. The van der Waals surface area contributed by atoms with Crippen molar-refractivity contribution >= 4 is 29.0 Å². The third-order valence-electron chi connectivity index (χ3n) is 6.24. The molecule has 1 saturated heterocycles. The lowest BCUT2D eigenvalue weighted by Crippen LogP contribution is -2.47. The van der Waals surface area contributed by atoms with Crippen molar-refractivity contribution < 1.29 is 5.11 Å². The zero-order valence-electron chi connectivity index (χ0n) is 15.2. The standard InChI is InChI=1S/C20H24Cl2N4O/c21-14-4-1-3-13(18(14)22)15-11-24-19(16(12-27)25-15)26-9-7-20(8-10-26)6-2-5-17(20)23/h1,3-4,11,17,27H,2,5-10,12,23H2/t17-/m1/s1. The number of halogens is 2. The first-order valence-electron chi connectivity index (χ1n) is 9.46. The van der Waals surface area contributed by atoms with Crippen LogP contribution >= 0.6 is 23.2 Å². The molecule has 1 aliphatic heterocycles. The van der Waals surface area contributed by atoms with Gasteiger partial charge in [0.15, 0.2) is 5.82 Å². The van der Waals surface area contributed by atoms with E-state index in [0.29, 0.717) is 33.0 Å². The summed E-state index contributed by atoms with van der Waals surface area (Å²) in [6.07, 6.45) is 7.45. The summed E-state index contributed by atoms with van der Waals surface area (Å²) in [5, 5.41) is 10.8. The van der Waals surface area contributed by atoms with Crippen LogP contribution in [0.2, 0.25) is 10.0 Å². The summed E-state index contributed by atoms with van der Waals surface area (Å²) < 4.78 is 0. The number of nitrogens with two attached hydrogens (primary N) is 1. The average molecular weight is 407 g/mol. The summed E-state index contributed by atoms with van der Waals surface area (Å²) >= 11 is 12.4. The zero-order valence-corrected chi connectivity index (χ0v) is 16.7. The van der Waals surface area contributed by atoms with Crippen LogP contribution in [-0.2, 0) is 6.61 Å². The fourth-order valence-corrected chi connectivity index (χ4v) is 4.97. The Bertz CT molecular complexity index is 837. The molecule has 144 valence electrons. The van der Waals surface area contributed by atoms with Gasteiger partial charge in [0, 0.05) is 24.7 Å². The molecule has 2 aliphatic rings. The third-order valence-corrected chi connectivity index (χ3v) is 7.05. The molecule has 0 unspecified atom stereocenters. The molecule has 5 nitrogen and oxygen atoms in total. The van der Waals surface area contributed by atoms with E-state index in [1.807, 2.05) is 12.1 Å². The molecule has 7 heteroatoms. The Kier molecular flexibility index (Phi) is 5.30. The average Bonchev–Trinajstić information content (AvgIpc) is 3.04. The molecular formula is C20H24Cl2N4O. The molecule has 27 heavy (non-hydrogen) atoms. The maximum absolute atomic E-state index is 9.88. The minimum atomic E-state index is -0.171. The second-order valence-corrected chi connectivity index (χ2v) is 8.42. The van der Waals surface area contributed by atoms with Crippen LogP contribution in [-0.4, -0.2) is 34.2 Å². The van der Waals surface area contributed by atoms with E-state index in [1.165, 1.54) is 12.8 Å². The van der Waals surface area contributed by atoms with Crippen molar-refractivity contribution in [2.75, 3.05) is 18.0 Å². The van der Waals surface area contributed by atoms with Crippen LogP contribution in [0.25, 0.3) is 11.3 Å². The van der Waals surface area contributed by atoms with Crippen LogP contribution in [0.5, 0.6) is 0 Å². The van der Waals surface area contributed by atoms with Gasteiger partial charge in [-0.1, -0.05) is 41.8 Å². The topological polar surface area (TPSA) is 75.3 Å².